The van der Waals surface area contributed by atoms with E-state index in [4.69, 9.17) is 4.74 Å². The highest BCUT2D eigenvalue weighted by Crippen LogP contribution is 2.30. The van der Waals surface area contributed by atoms with E-state index >= 15 is 0 Å². The van der Waals surface area contributed by atoms with Crippen LogP contribution >= 0.6 is 0 Å². The quantitative estimate of drug-likeness (QED) is 0.648. The molecule has 0 saturated carbocycles. The van der Waals surface area contributed by atoms with Gasteiger partial charge in [-0.15, -0.1) is 0 Å². The van der Waals surface area contributed by atoms with Crippen molar-refractivity contribution in [3.05, 3.63) is 48.5 Å². The number of hydrogen-bond donors (Lipinski definition) is 1. The molecule has 8 nitrogen and oxygen atoms in total. The average molecular weight is 487 g/mol. The van der Waals surface area contributed by atoms with Gasteiger partial charge in [-0.25, -0.2) is 8.42 Å². The fourth-order valence-corrected chi connectivity index (χ4v) is 6.10. The number of piperazine rings is 1. The molecule has 0 atom stereocenters. The zero-order valence-electron chi connectivity index (χ0n) is 19.8. The van der Waals surface area contributed by atoms with Crippen molar-refractivity contribution in [3.8, 4) is 5.75 Å². The van der Waals surface area contributed by atoms with Crippen LogP contribution in [0.4, 0.5) is 11.4 Å². The Kier molecular flexibility index (Phi) is 7.95. The Morgan fingerprint density at radius 1 is 0.912 bits per heavy atom. The van der Waals surface area contributed by atoms with E-state index in [0.29, 0.717) is 37.6 Å². The van der Waals surface area contributed by atoms with Gasteiger partial charge in [-0.05, 0) is 43.2 Å². The van der Waals surface area contributed by atoms with Gasteiger partial charge in [0, 0.05) is 45.0 Å². The van der Waals surface area contributed by atoms with Crippen molar-refractivity contribution in [1.29, 1.82) is 0 Å². The van der Waals surface area contributed by atoms with Gasteiger partial charge in [0.2, 0.25) is 15.9 Å². The maximum absolute atomic E-state index is 13.2. The normalized spacial score (nSPS) is 17.8. The molecule has 34 heavy (non-hydrogen) atoms. The number of methoxy groups -OCH3 is 1. The van der Waals surface area contributed by atoms with Crippen LogP contribution in [0.2, 0.25) is 0 Å². The third-order valence-corrected chi connectivity index (χ3v) is 8.45. The van der Waals surface area contributed by atoms with E-state index in [2.05, 4.69) is 22.3 Å². The summed E-state index contributed by atoms with van der Waals surface area (Å²) in [6.07, 6.45) is 3.88. The van der Waals surface area contributed by atoms with Crippen LogP contribution in [0.5, 0.6) is 5.75 Å². The van der Waals surface area contributed by atoms with Crippen molar-refractivity contribution < 1.29 is 17.9 Å². The molecule has 2 aromatic carbocycles. The van der Waals surface area contributed by atoms with Gasteiger partial charge >= 0.3 is 0 Å². The Hall–Kier alpha value is -2.78. The molecule has 0 spiro atoms. The first-order chi connectivity index (χ1) is 16.5. The molecule has 2 aliphatic rings. The second-order valence-electron chi connectivity index (χ2n) is 8.74. The molecule has 1 amide bonds. The first-order valence-electron chi connectivity index (χ1n) is 12.0. The molecule has 2 saturated heterocycles. The molecular weight excluding hydrogens is 452 g/mol. The van der Waals surface area contributed by atoms with Crippen molar-refractivity contribution in [2.24, 2.45) is 0 Å². The van der Waals surface area contributed by atoms with Crippen LogP contribution in [0.15, 0.2) is 53.4 Å². The van der Waals surface area contributed by atoms with E-state index in [1.807, 2.05) is 23.1 Å². The lowest BCUT2D eigenvalue weighted by Gasteiger charge is -2.36. The summed E-state index contributed by atoms with van der Waals surface area (Å²) in [4.78, 5) is 17.2. The zero-order valence-corrected chi connectivity index (χ0v) is 20.6. The molecule has 0 unspecified atom stereocenters. The van der Waals surface area contributed by atoms with E-state index in [1.54, 1.807) is 22.5 Å². The lowest BCUT2D eigenvalue weighted by Crippen LogP contribution is -2.50. The molecule has 0 bridgehead atoms. The highest BCUT2D eigenvalue weighted by Gasteiger charge is 2.26. The minimum absolute atomic E-state index is 0.0180. The summed E-state index contributed by atoms with van der Waals surface area (Å²) in [5.74, 6) is 0.493. The molecule has 0 radical (unpaired) electrons. The molecule has 1 N–H and O–H groups in total. The summed E-state index contributed by atoms with van der Waals surface area (Å²) in [5.41, 5.74) is 1.68. The molecule has 4 rings (SSSR count). The van der Waals surface area contributed by atoms with Crippen molar-refractivity contribution in [2.45, 2.75) is 30.6 Å². The molecule has 2 fully saturated rings. The lowest BCUT2D eigenvalue weighted by atomic mass is 10.2. The minimum Gasteiger partial charge on any atom is -0.495 e. The summed E-state index contributed by atoms with van der Waals surface area (Å²) < 4.78 is 33.4. The van der Waals surface area contributed by atoms with Crippen LogP contribution in [-0.2, 0) is 14.8 Å². The predicted octanol–water partition coefficient (Wildman–Crippen LogP) is 3.02. The number of anilines is 2. The third-order valence-electron chi connectivity index (χ3n) is 6.56. The maximum Gasteiger partial charge on any atom is 0.243 e. The number of hydrogen-bond acceptors (Lipinski definition) is 6. The Morgan fingerprint density at radius 2 is 1.59 bits per heavy atom. The molecule has 0 aromatic heterocycles. The predicted molar refractivity (Wildman–Crippen MR) is 134 cm³/mol. The number of para-hydroxylation sites is 1. The van der Waals surface area contributed by atoms with Gasteiger partial charge in [-0.1, -0.05) is 31.0 Å². The van der Waals surface area contributed by atoms with Crippen molar-refractivity contribution in [3.63, 3.8) is 0 Å². The lowest BCUT2D eigenvalue weighted by molar-refractivity contribution is -0.129. The second-order valence-corrected chi connectivity index (χ2v) is 10.7. The topological polar surface area (TPSA) is 82.2 Å². The monoisotopic (exact) mass is 486 g/mol. The summed E-state index contributed by atoms with van der Waals surface area (Å²) in [6, 6.07) is 15.0. The molecule has 184 valence electrons. The largest absolute Gasteiger partial charge is 0.495 e. The first kappa shape index (κ1) is 24.3. The van der Waals surface area contributed by atoms with Crippen LogP contribution in [0.1, 0.15) is 25.7 Å². The molecular formula is C25H34N4O4S. The maximum atomic E-state index is 13.2. The molecule has 2 heterocycles. The highest BCUT2D eigenvalue weighted by atomic mass is 32.2. The molecule has 9 heteroatoms. The number of amides is 1. The number of nitrogens with zero attached hydrogens (tertiary/aromatic N) is 3. The van der Waals surface area contributed by atoms with E-state index < -0.39 is 10.0 Å². The van der Waals surface area contributed by atoms with Gasteiger partial charge in [0.25, 0.3) is 0 Å². The third kappa shape index (κ3) is 5.64. The molecule has 2 aromatic rings. The van der Waals surface area contributed by atoms with Gasteiger partial charge < -0.3 is 19.9 Å². The summed E-state index contributed by atoms with van der Waals surface area (Å²) in [6.45, 7) is 4.03. The Morgan fingerprint density at radius 3 is 2.24 bits per heavy atom. The fraction of sp³-hybridized carbons (Fsp3) is 0.480. The first-order valence-corrected chi connectivity index (χ1v) is 13.4. The summed E-state index contributed by atoms with van der Waals surface area (Å²) in [7, 11) is -2.05. The van der Waals surface area contributed by atoms with E-state index in [1.165, 1.54) is 12.8 Å². The second kappa shape index (κ2) is 11.1. The number of rotatable bonds is 7. The number of nitrogens with one attached hydrogen (secondary N) is 1. The van der Waals surface area contributed by atoms with E-state index in [0.717, 1.165) is 38.8 Å². The average Bonchev–Trinajstić information content (AvgIpc) is 3.18. The van der Waals surface area contributed by atoms with E-state index in [-0.39, 0.29) is 17.3 Å². The van der Waals surface area contributed by atoms with Gasteiger partial charge in [0.05, 0.1) is 24.2 Å². The SMILES string of the molecule is COc1ccc(S(=O)(=O)N2CCCCCC2)cc1NCC(=O)N1CCN(c2ccccc2)CC1. The number of benzene rings is 2. The van der Waals surface area contributed by atoms with Crippen LogP contribution in [-0.4, -0.2) is 76.5 Å². The Balaban J connectivity index is 1.39. The van der Waals surface area contributed by atoms with Crippen LogP contribution in [0.25, 0.3) is 0 Å². The Bertz CT molecular complexity index is 1060. The zero-order chi connectivity index (χ0) is 24.0. The molecule has 2 aliphatic heterocycles. The number of sulfonamides is 1. The summed E-state index contributed by atoms with van der Waals surface area (Å²) >= 11 is 0. The van der Waals surface area contributed by atoms with Crippen molar-refractivity contribution in [2.75, 3.05) is 63.1 Å². The van der Waals surface area contributed by atoms with Gasteiger partial charge in [0.1, 0.15) is 5.75 Å². The van der Waals surface area contributed by atoms with Gasteiger partial charge in [-0.2, -0.15) is 4.31 Å². The van der Waals surface area contributed by atoms with Crippen LogP contribution < -0.4 is 15.0 Å². The van der Waals surface area contributed by atoms with Crippen LogP contribution in [0.3, 0.4) is 0 Å². The highest BCUT2D eigenvalue weighted by molar-refractivity contribution is 7.89. The van der Waals surface area contributed by atoms with Crippen LogP contribution in [0, 0.1) is 0 Å². The summed E-state index contributed by atoms with van der Waals surface area (Å²) in [5, 5.41) is 3.12. The number of carbonyl (C=O) groups excluding carboxylic acids is 1. The van der Waals surface area contributed by atoms with Gasteiger partial charge in [-0.3, -0.25) is 4.79 Å². The van der Waals surface area contributed by atoms with E-state index in [9.17, 15) is 13.2 Å². The fourth-order valence-electron chi connectivity index (χ4n) is 4.55. The number of carbonyl (C=O) groups is 1. The van der Waals surface area contributed by atoms with Gasteiger partial charge in [0.15, 0.2) is 0 Å². The molecule has 0 aliphatic carbocycles. The Labute approximate surface area is 202 Å². The number of ether oxygens (including phenoxy) is 1. The standard InChI is InChI=1S/C25H34N4O4S/c1-33-24-12-11-22(34(31,32)29-13-7-2-3-8-14-29)19-23(24)26-20-25(30)28-17-15-27(16-18-28)21-9-5-4-6-10-21/h4-6,9-12,19,26H,2-3,7-8,13-18,20H2,1H3. The van der Waals surface area contributed by atoms with Crippen molar-refractivity contribution in [1.82, 2.24) is 9.21 Å². The smallest absolute Gasteiger partial charge is 0.243 e. The van der Waals surface area contributed by atoms with Crippen molar-refractivity contribution >= 4 is 27.3 Å². The minimum atomic E-state index is -3.59.